The predicted molar refractivity (Wildman–Crippen MR) is 112 cm³/mol. The zero-order chi connectivity index (χ0) is 22.4. The minimum atomic E-state index is -1.28. The number of amides is 2. The summed E-state index contributed by atoms with van der Waals surface area (Å²) in [5.41, 5.74) is -2.33. The van der Waals surface area contributed by atoms with E-state index in [-0.39, 0.29) is 25.0 Å². The number of cyclic esters (lactones) is 1. The molecule has 6 atom stereocenters. The van der Waals surface area contributed by atoms with Gasteiger partial charge in [0.1, 0.15) is 24.2 Å². The monoisotopic (exact) mass is 432 g/mol. The standard InChI is InChI=1S/C23H32N2O6/c1-4-5-6-11-24-12-7-10-23-16(17-21(29)30-13-8-9-22(17,3)31-23)19(27)25(15(2)14-26)18(23)20(24)28/h7-10,15-18,26H,4-6,11-14H2,1-3H3/t15-,16+,17+,18?,22-,23+/m1/s1. The Morgan fingerprint density at radius 1 is 1.16 bits per heavy atom. The molecule has 1 unspecified atom stereocenters. The fraction of sp³-hybridized carbons (Fsp3) is 0.696. The summed E-state index contributed by atoms with van der Waals surface area (Å²) in [4.78, 5) is 43.6. The molecule has 2 fully saturated rings. The van der Waals surface area contributed by atoms with Crippen LogP contribution >= 0.6 is 0 Å². The van der Waals surface area contributed by atoms with Crippen LogP contribution in [0.4, 0.5) is 0 Å². The van der Waals surface area contributed by atoms with E-state index in [1.54, 1.807) is 30.9 Å². The van der Waals surface area contributed by atoms with Crippen LogP contribution < -0.4 is 0 Å². The zero-order valence-electron chi connectivity index (χ0n) is 18.5. The third kappa shape index (κ3) is 3.22. The van der Waals surface area contributed by atoms with E-state index in [2.05, 4.69) is 6.92 Å². The van der Waals surface area contributed by atoms with Crippen LogP contribution in [0.5, 0.6) is 0 Å². The van der Waals surface area contributed by atoms with E-state index in [0.29, 0.717) is 13.1 Å². The second kappa shape index (κ2) is 8.06. The van der Waals surface area contributed by atoms with Gasteiger partial charge in [-0.05, 0) is 26.3 Å². The summed E-state index contributed by atoms with van der Waals surface area (Å²) < 4.78 is 11.9. The quantitative estimate of drug-likeness (QED) is 0.383. The van der Waals surface area contributed by atoms with Crippen LogP contribution in [-0.4, -0.2) is 82.3 Å². The highest BCUT2D eigenvalue weighted by Crippen LogP contribution is 2.57. The fourth-order valence-electron chi connectivity index (χ4n) is 5.66. The number of likely N-dealkylation sites (tertiary alicyclic amines) is 1. The van der Waals surface area contributed by atoms with Crippen LogP contribution in [-0.2, 0) is 23.9 Å². The molecule has 0 radical (unpaired) electrons. The molecule has 4 aliphatic rings. The maximum Gasteiger partial charge on any atom is 0.313 e. The molecule has 0 bridgehead atoms. The van der Waals surface area contributed by atoms with Crippen molar-refractivity contribution in [1.29, 1.82) is 0 Å². The number of hydrogen-bond acceptors (Lipinski definition) is 6. The summed E-state index contributed by atoms with van der Waals surface area (Å²) >= 11 is 0. The molecule has 1 spiro atoms. The molecular weight excluding hydrogens is 400 g/mol. The molecule has 2 saturated heterocycles. The van der Waals surface area contributed by atoms with Gasteiger partial charge in [-0.15, -0.1) is 0 Å². The number of carbonyl (C=O) groups is 3. The second-order valence-corrected chi connectivity index (χ2v) is 9.20. The molecule has 0 saturated carbocycles. The number of hydrogen-bond donors (Lipinski definition) is 1. The molecular formula is C23H32N2O6. The highest BCUT2D eigenvalue weighted by atomic mass is 16.6. The maximum absolute atomic E-state index is 13.8. The SMILES string of the molecule is CCCCCN1CC=C[C@]23O[C@]4(C)C=CCOC(=O)[C@@H]4[C@H]2C(=O)N([C@H](C)CO)C3C1=O. The zero-order valence-corrected chi connectivity index (χ0v) is 18.5. The summed E-state index contributed by atoms with van der Waals surface area (Å²) in [6.45, 7) is 6.45. The number of esters is 1. The van der Waals surface area contributed by atoms with E-state index in [1.807, 2.05) is 12.2 Å². The van der Waals surface area contributed by atoms with Crippen LogP contribution in [0.3, 0.4) is 0 Å². The summed E-state index contributed by atoms with van der Waals surface area (Å²) in [7, 11) is 0. The number of nitrogens with zero attached hydrogens (tertiary/aromatic N) is 2. The van der Waals surface area contributed by atoms with E-state index in [0.717, 1.165) is 19.3 Å². The molecule has 4 aliphatic heterocycles. The third-order valence-electron chi connectivity index (χ3n) is 7.10. The van der Waals surface area contributed by atoms with Gasteiger partial charge in [-0.1, -0.05) is 38.0 Å². The van der Waals surface area contributed by atoms with Crippen molar-refractivity contribution in [3.63, 3.8) is 0 Å². The molecule has 4 rings (SSSR count). The molecule has 0 aromatic heterocycles. The molecule has 4 heterocycles. The lowest BCUT2D eigenvalue weighted by molar-refractivity contribution is -0.159. The van der Waals surface area contributed by atoms with Crippen LogP contribution in [0.25, 0.3) is 0 Å². The average Bonchev–Trinajstić information content (AvgIpc) is 3.01. The third-order valence-corrected chi connectivity index (χ3v) is 7.10. The number of carbonyl (C=O) groups excluding carboxylic acids is 3. The molecule has 2 amide bonds. The lowest BCUT2D eigenvalue weighted by Gasteiger charge is -2.39. The highest BCUT2D eigenvalue weighted by Gasteiger charge is 2.75. The molecule has 170 valence electrons. The Balaban J connectivity index is 1.81. The van der Waals surface area contributed by atoms with Gasteiger partial charge in [0.15, 0.2) is 0 Å². The van der Waals surface area contributed by atoms with Crippen molar-refractivity contribution in [2.45, 2.75) is 63.3 Å². The van der Waals surface area contributed by atoms with Crippen molar-refractivity contribution in [2.75, 3.05) is 26.3 Å². The van der Waals surface area contributed by atoms with E-state index in [9.17, 15) is 19.5 Å². The number of ether oxygens (including phenoxy) is 2. The fourth-order valence-corrected chi connectivity index (χ4v) is 5.66. The number of unbranched alkanes of at least 4 members (excludes halogenated alkanes) is 2. The number of fused-ring (bicyclic) bond motifs is 2. The van der Waals surface area contributed by atoms with Gasteiger partial charge in [0.2, 0.25) is 11.8 Å². The Labute approximate surface area is 182 Å². The molecule has 0 aliphatic carbocycles. The van der Waals surface area contributed by atoms with E-state index in [4.69, 9.17) is 9.47 Å². The van der Waals surface area contributed by atoms with E-state index in [1.165, 1.54) is 4.90 Å². The van der Waals surface area contributed by atoms with Crippen LogP contribution in [0, 0.1) is 11.8 Å². The molecule has 8 nitrogen and oxygen atoms in total. The van der Waals surface area contributed by atoms with Gasteiger partial charge >= 0.3 is 5.97 Å². The van der Waals surface area contributed by atoms with E-state index < -0.39 is 41.1 Å². The minimum absolute atomic E-state index is 0.127. The van der Waals surface area contributed by atoms with Crippen molar-refractivity contribution in [2.24, 2.45) is 11.8 Å². The van der Waals surface area contributed by atoms with Crippen LogP contribution in [0.2, 0.25) is 0 Å². The minimum Gasteiger partial charge on any atom is -0.461 e. The van der Waals surface area contributed by atoms with Crippen LogP contribution in [0.15, 0.2) is 24.3 Å². The van der Waals surface area contributed by atoms with Crippen molar-refractivity contribution in [3.8, 4) is 0 Å². The first-order valence-corrected chi connectivity index (χ1v) is 11.2. The Morgan fingerprint density at radius 2 is 1.94 bits per heavy atom. The normalized spacial score (nSPS) is 37.8. The van der Waals surface area contributed by atoms with Gasteiger partial charge in [0.05, 0.1) is 24.2 Å². The van der Waals surface area contributed by atoms with Crippen LogP contribution in [0.1, 0.15) is 40.0 Å². The Bertz CT molecular complexity index is 825. The predicted octanol–water partition coefficient (Wildman–Crippen LogP) is 1.04. The molecule has 0 aromatic rings. The highest BCUT2D eigenvalue weighted by molar-refractivity contribution is 5.99. The smallest absolute Gasteiger partial charge is 0.313 e. The topological polar surface area (TPSA) is 96.4 Å². The Hall–Kier alpha value is -2.19. The van der Waals surface area contributed by atoms with Gasteiger partial charge in [-0.2, -0.15) is 0 Å². The van der Waals surface area contributed by atoms with Gasteiger partial charge in [0, 0.05) is 13.1 Å². The Kier molecular flexibility index (Phi) is 5.72. The number of aliphatic hydroxyl groups excluding tert-OH is 1. The van der Waals surface area contributed by atoms with Gasteiger partial charge in [0.25, 0.3) is 0 Å². The average molecular weight is 433 g/mol. The molecule has 8 heteroatoms. The summed E-state index contributed by atoms with van der Waals surface area (Å²) in [6.07, 6.45) is 10.1. The van der Waals surface area contributed by atoms with E-state index >= 15 is 0 Å². The molecule has 1 N–H and O–H groups in total. The summed E-state index contributed by atoms with van der Waals surface area (Å²) in [5.74, 6) is -2.79. The second-order valence-electron chi connectivity index (χ2n) is 9.20. The summed E-state index contributed by atoms with van der Waals surface area (Å²) in [6, 6.07) is -1.52. The first-order valence-electron chi connectivity index (χ1n) is 11.2. The van der Waals surface area contributed by atoms with Crippen molar-refractivity contribution < 1.29 is 29.0 Å². The first kappa shape index (κ1) is 22.0. The van der Waals surface area contributed by atoms with Crippen molar-refractivity contribution in [3.05, 3.63) is 24.3 Å². The van der Waals surface area contributed by atoms with Gasteiger partial charge < -0.3 is 24.4 Å². The van der Waals surface area contributed by atoms with Gasteiger partial charge in [-0.3, -0.25) is 14.4 Å². The number of rotatable bonds is 6. The number of aliphatic hydroxyl groups is 1. The largest absolute Gasteiger partial charge is 0.461 e. The molecule has 31 heavy (non-hydrogen) atoms. The lowest BCUT2D eigenvalue weighted by Crippen LogP contribution is -2.58. The maximum atomic E-state index is 13.8. The first-order chi connectivity index (χ1) is 14.8. The lowest BCUT2D eigenvalue weighted by atomic mass is 9.75. The summed E-state index contributed by atoms with van der Waals surface area (Å²) in [5, 5.41) is 9.86. The van der Waals surface area contributed by atoms with Crippen molar-refractivity contribution in [1.82, 2.24) is 9.80 Å². The van der Waals surface area contributed by atoms with Gasteiger partial charge in [-0.25, -0.2) is 0 Å². The molecule has 0 aromatic carbocycles. The Morgan fingerprint density at radius 3 is 2.65 bits per heavy atom. The van der Waals surface area contributed by atoms with Crippen molar-refractivity contribution >= 4 is 17.8 Å².